The Bertz CT molecular complexity index is 3590. The van der Waals surface area contributed by atoms with E-state index in [2.05, 4.69) is 156 Å². The lowest BCUT2D eigenvalue weighted by molar-refractivity contribution is 0.667. The summed E-state index contributed by atoms with van der Waals surface area (Å²) in [6.45, 7) is 4.79. The highest BCUT2D eigenvalue weighted by molar-refractivity contribution is 6.31. The maximum Gasteiger partial charge on any atom is 0.164 e. The van der Waals surface area contributed by atoms with E-state index < -0.39 is 0 Å². The van der Waals surface area contributed by atoms with Gasteiger partial charge in [-0.05, 0) is 95.1 Å². The zero-order chi connectivity index (χ0) is 40.8. The molecule has 0 spiro atoms. The van der Waals surface area contributed by atoms with Crippen molar-refractivity contribution in [2.24, 2.45) is 0 Å². The van der Waals surface area contributed by atoms with Crippen LogP contribution in [0.15, 0.2) is 182 Å². The molecule has 3 heterocycles. The Hall–Kier alpha value is -8.14. The molecular weight excluding hydrogens is 745 g/mol. The first-order chi connectivity index (χ1) is 30.0. The highest BCUT2D eigenvalue weighted by atomic mass is 15.1. The van der Waals surface area contributed by atoms with Gasteiger partial charge in [-0.3, -0.25) is 0 Å². The third kappa shape index (κ3) is 5.11. The molecule has 0 aliphatic heterocycles. The van der Waals surface area contributed by atoms with E-state index in [9.17, 15) is 5.26 Å². The predicted molar refractivity (Wildman–Crippen MR) is 247 cm³/mol. The zero-order valence-corrected chi connectivity index (χ0v) is 33.5. The molecule has 0 saturated heterocycles. The number of para-hydroxylation sites is 3. The second-order valence-corrected chi connectivity index (χ2v) is 16.3. The van der Waals surface area contributed by atoms with Crippen LogP contribution in [0.2, 0.25) is 0 Å². The molecule has 0 radical (unpaired) electrons. The molecule has 0 bridgehead atoms. The minimum atomic E-state index is -0.255. The summed E-state index contributed by atoms with van der Waals surface area (Å²) in [4.78, 5) is 14.9. The first-order valence-electron chi connectivity index (χ1n) is 20.6. The lowest BCUT2D eigenvalue weighted by atomic mass is 9.80. The molecule has 11 aromatic rings. The largest absolute Gasteiger partial charge is 0.307 e. The van der Waals surface area contributed by atoms with Gasteiger partial charge in [-0.25, -0.2) is 15.0 Å². The minimum absolute atomic E-state index is 0.255. The number of fused-ring (bicyclic) bond motifs is 12. The van der Waals surface area contributed by atoms with Crippen molar-refractivity contribution in [1.82, 2.24) is 24.1 Å². The lowest BCUT2D eigenvalue weighted by Crippen LogP contribution is -2.15. The molecule has 8 aromatic carbocycles. The Balaban J connectivity index is 1.16. The smallest absolute Gasteiger partial charge is 0.164 e. The molecule has 0 amide bonds. The van der Waals surface area contributed by atoms with Crippen LogP contribution in [-0.2, 0) is 5.41 Å². The molecule has 286 valence electrons. The van der Waals surface area contributed by atoms with Gasteiger partial charge in [-0.2, -0.15) is 5.26 Å². The van der Waals surface area contributed by atoms with Gasteiger partial charge < -0.3 is 9.13 Å². The first kappa shape index (κ1) is 34.9. The molecule has 1 aliphatic carbocycles. The molecule has 61 heavy (non-hydrogen) atoms. The quantitative estimate of drug-likeness (QED) is 0.174. The predicted octanol–water partition coefficient (Wildman–Crippen LogP) is 13.2. The second kappa shape index (κ2) is 13.2. The third-order valence-corrected chi connectivity index (χ3v) is 12.6. The number of rotatable bonds is 5. The van der Waals surface area contributed by atoms with E-state index in [1.165, 1.54) is 60.3 Å². The molecular formula is C55H36N6. The standard InChI is InChI=1S/C55H36N6/c1-55(2)43-22-12-9-19-40(43)46-47-41-20-10-13-23-44(41)60(38-17-7-4-8-18-38)50(47)51-48(49(46)55)42-21-11-14-24-45(42)61(51)39-31-29-37(30-32-39)54-58-52(35-15-5-3-6-16-35)57-53(59-54)36-27-25-34(33-56)26-28-36/h3-32H,1-2H3. The number of aromatic nitrogens is 5. The summed E-state index contributed by atoms with van der Waals surface area (Å²) >= 11 is 0. The van der Waals surface area contributed by atoms with Crippen molar-refractivity contribution in [3.05, 3.63) is 199 Å². The Labute approximate surface area is 352 Å². The molecule has 0 unspecified atom stereocenters. The van der Waals surface area contributed by atoms with Gasteiger partial charge in [0, 0.05) is 55.0 Å². The van der Waals surface area contributed by atoms with E-state index >= 15 is 0 Å². The lowest BCUT2D eigenvalue weighted by Gasteiger charge is -2.23. The van der Waals surface area contributed by atoms with Crippen molar-refractivity contribution in [1.29, 1.82) is 5.26 Å². The number of hydrogen-bond acceptors (Lipinski definition) is 4. The fourth-order valence-electron chi connectivity index (χ4n) is 9.88. The van der Waals surface area contributed by atoms with Crippen LogP contribution >= 0.6 is 0 Å². The fraction of sp³-hybridized carbons (Fsp3) is 0.0545. The van der Waals surface area contributed by atoms with Gasteiger partial charge in [0.05, 0.1) is 33.7 Å². The highest BCUT2D eigenvalue weighted by Crippen LogP contribution is 2.58. The Morgan fingerprint density at radius 1 is 0.459 bits per heavy atom. The Kier molecular flexibility index (Phi) is 7.54. The van der Waals surface area contributed by atoms with Crippen LogP contribution in [0.25, 0.3) is 100 Å². The molecule has 6 heteroatoms. The van der Waals surface area contributed by atoms with Crippen molar-refractivity contribution in [3.8, 4) is 62.7 Å². The van der Waals surface area contributed by atoms with Crippen LogP contribution < -0.4 is 0 Å². The maximum absolute atomic E-state index is 9.45. The van der Waals surface area contributed by atoms with E-state index in [0.717, 1.165) is 33.6 Å². The van der Waals surface area contributed by atoms with Crippen LogP contribution in [-0.4, -0.2) is 24.1 Å². The zero-order valence-electron chi connectivity index (χ0n) is 33.5. The van der Waals surface area contributed by atoms with Crippen molar-refractivity contribution in [2.45, 2.75) is 19.3 Å². The summed E-state index contributed by atoms with van der Waals surface area (Å²) < 4.78 is 4.95. The van der Waals surface area contributed by atoms with Crippen molar-refractivity contribution in [2.75, 3.05) is 0 Å². The van der Waals surface area contributed by atoms with Crippen molar-refractivity contribution >= 4 is 43.6 Å². The van der Waals surface area contributed by atoms with E-state index in [0.29, 0.717) is 23.0 Å². The first-order valence-corrected chi connectivity index (χ1v) is 20.6. The van der Waals surface area contributed by atoms with Crippen LogP contribution in [0.5, 0.6) is 0 Å². The number of hydrogen-bond donors (Lipinski definition) is 0. The Morgan fingerprint density at radius 3 is 1.52 bits per heavy atom. The number of nitrogens with zero attached hydrogens (tertiary/aromatic N) is 6. The van der Waals surface area contributed by atoms with Gasteiger partial charge in [0.25, 0.3) is 0 Å². The van der Waals surface area contributed by atoms with Gasteiger partial charge in [-0.15, -0.1) is 0 Å². The van der Waals surface area contributed by atoms with Gasteiger partial charge in [-0.1, -0.05) is 123 Å². The van der Waals surface area contributed by atoms with Crippen molar-refractivity contribution < 1.29 is 0 Å². The summed E-state index contributed by atoms with van der Waals surface area (Å²) in [6, 6.07) is 65.8. The molecule has 6 nitrogen and oxygen atoms in total. The molecule has 1 aliphatic rings. The monoisotopic (exact) mass is 780 g/mol. The molecule has 0 N–H and O–H groups in total. The van der Waals surface area contributed by atoms with Crippen LogP contribution in [0.3, 0.4) is 0 Å². The highest BCUT2D eigenvalue weighted by Gasteiger charge is 2.41. The third-order valence-electron chi connectivity index (χ3n) is 12.6. The van der Waals surface area contributed by atoms with Crippen LogP contribution in [0, 0.1) is 11.3 Å². The van der Waals surface area contributed by atoms with E-state index in [1.54, 1.807) is 12.1 Å². The average Bonchev–Trinajstić information content (AvgIpc) is 3.93. The summed E-state index contributed by atoms with van der Waals surface area (Å²) in [5.41, 5.74) is 15.1. The Morgan fingerprint density at radius 2 is 0.918 bits per heavy atom. The second-order valence-electron chi connectivity index (χ2n) is 16.3. The number of nitriles is 1. The van der Waals surface area contributed by atoms with Gasteiger partial charge in [0.1, 0.15) is 0 Å². The normalized spacial score (nSPS) is 12.9. The maximum atomic E-state index is 9.45. The van der Waals surface area contributed by atoms with Gasteiger partial charge >= 0.3 is 0 Å². The SMILES string of the molecule is CC1(C)c2ccccc2-c2c1c1c3ccccc3n(-c3ccc(-c4nc(-c5ccccc5)nc(-c5ccc(C#N)cc5)n4)cc3)c1c1c2c2ccccc2n1-c1ccccc1. The summed E-state index contributed by atoms with van der Waals surface area (Å²) in [7, 11) is 0. The van der Waals surface area contributed by atoms with Crippen LogP contribution in [0.1, 0.15) is 30.5 Å². The fourth-order valence-corrected chi connectivity index (χ4v) is 9.88. The summed E-state index contributed by atoms with van der Waals surface area (Å²) in [6.07, 6.45) is 0. The molecule has 0 fully saturated rings. The molecule has 0 saturated carbocycles. The van der Waals surface area contributed by atoms with E-state index in [4.69, 9.17) is 15.0 Å². The summed E-state index contributed by atoms with van der Waals surface area (Å²) in [5.74, 6) is 1.71. The minimum Gasteiger partial charge on any atom is -0.307 e. The van der Waals surface area contributed by atoms with Gasteiger partial charge in [0.2, 0.25) is 0 Å². The van der Waals surface area contributed by atoms with Gasteiger partial charge in [0.15, 0.2) is 17.5 Å². The average molecular weight is 781 g/mol. The number of benzene rings is 8. The van der Waals surface area contributed by atoms with Crippen molar-refractivity contribution in [3.63, 3.8) is 0 Å². The summed E-state index contributed by atoms with van der Waals surface area (Å²) in [5, 5.41) is 14.5. The molecule has 3 aromatic heterocycles. The van der Waals surface area contributed by atoms with E-state index in [1.807, 2.05) is 42.5 Å². The molecule has 12 rings (SSSR count). The van der Waals surface area contributed by atoms with E-state index in [-0.39, 0.29) is 5.41 Å². The topological polar surface area (TPSA) is 72.3 Å². The molecule has 0 atom stereocenters. The van der Waals surface area contributed by atoms with Crippen LogP contribution in [0.4, 0.5) is 0 Å².